The summed E-state index contributed by atoms with van der Waals surface area (Å²) in [5.74, 6) is 1.08. The summed E-state index contributed by atoms with van der Waals surface area (Å²) >= 11 is 0. The number of fused-ring (bicyclic) bond motifs is 14. The molecule has 0 fully saturated rings. The molecule has 0 spiro atoms. The smallest absolute Gasteiger partial charge is 0.235 e. The van der Waals surface area contributed by atoms with Crippen LogP contribution in [0.3, 0.4) is 0 Å². The monoisotopic (exact) mass is 768 g/mol. The number of aromatic nitrogens is 4. The first-order valence-corrected chi connectivity index (χ1v) is 21.1. The van der Waals surface area contributed by atoms with Crippen molar-refractivity contribution in [1.29, 1.82) is 0 Å². The number of benzene rings is 8. The molecule has 2 unspecified atom stereocenters. The third kappa shape index (κ3) is 4.56. The van der Waals surface area contributed by atoms with Crippen LogP contribution >= 0.6 is 0 Å². The summed E-state index contributed by atoms with van der Waals surface area (Å²) in [4.78, 5) is 10.5. The molecule has 2 aliphatic rings. The fourth-order valence-electron chi connectivity index (χ4n) is 10.9. The summed E-state index contributed by atoms with van der Waals surface area (Å²) in [5.41, 5.74) is 13.2. The molecule has 284 valence electrons. The van der Waals surface area contributed by atoms with Crippen molar-refractivity contribution in [2.24, 2.45) is 5.92 Å². The average Bonchev–Trinajstić information content (AvgIpc) is 3.87. The van der Waals surface area contributed by atoms with Gasteiger partial charge in [-0.25, -0.2) is 9.97 Å². The highest BCUT2D eigenvalue weighted by Gasteiger charge is 2.38. The van der Waals surface area contributed by atoms with E-state index in [0.29, 0.717) is 11.9 Å². The summed E-state index contributed by atoms with van der Waals surface area (Å²) in [6.45, 7) is 7.08. The van der Waals surface area contributed by atoms with Gasteiger partial charge in [0.15, 0.2) is 0 Å². The van der Waals surface area contributed by atoms with Crippen molar-refractivity contribution in [3.8, 4) is 28.2 Å². The van der Waals surface area contributed by atoms with Crippen molar-refractivity contribution >= 4 is 76.1 Å². The molecule has 0 radical (unpaired) electrons. The fourth-order valence-corrected chi connectivity index (χ4v) is 10.9. The summed E-state index contributed by atoms with van der Waals surface area (Å²) < 4.78 is 4.84. The van der Waals surface area contributed by atoms with E-state index in [4.69, 9.17) is 9.97 Å². The zero-order valence-electron chi connectivity index (χ0n) is 33.7. The van der Waals surface area contributed by atoms with Crippen molar-refractivity contribution in [3.05, 3.63) is 187 Å². The second-order valence-corrected chi connectivity index (χ2v) is 17.4. The topological polar surface area (TPSA) is 35.6 Å². The van der Waals surface area contributed by atoms with Crippen molar-refractivity contribution in [2.75, 3.05) is 0 Å². The highest BCUT2D eigenvalue weighted by Crippen LogP contribution is 2.53. The molecule has 0 aliphatic heterocycles. The minimum atomic E-state index is -0.206. The van der Waals surface area contributed by atoms with Gasteiger partial charge in [0.05, 0.1) is 22.6 Å². The molecular weight excluding hydrogens is 729 g/mol. The van der Waals surface area contributed by atoms with Crippen LogP contribution in [-0.4, -0.2) is 19.1 Å². The molecular formula is C56H40N4. The summed E-state index contributed by atoms with van der Waals surface area (Å²) in [5, 5.41) is 10.9. The Morgan fingerprint density at radius 3 is 1.97 bits per heavy atom. The van der Waals surface area contributed by atoms with E-state index in [2.05, 4.69) is 200 Å². The Balaban J connectivity index is 1.07. The van der Waals surface area contributed by atoms with Gasteiger partial charge in [-0.15, -0.1) is 0 Å². The van der Waals surface area contributed by atoms with Crippen LogP contribution in [0, 0.1) is 5.92 Å². The molecule has 4 heteroatoms. The Bertz CT molecular complexity index is 3720. The van der Waals surface area contributed by atoms with Gasteiger partial charge in [0.2, 0.25) is 5.95 Å². The molecule has 3 heterocycles. The standard InChI is InChI=1S/C56H40N4/c1-33-12-4-10-18-48(33)59-49-19-11-9-17-41(49)44-28-36(23-26-50(44)59)37-24-27-51-45(29-37)46-30-43-42-25-22-34-13-5-7-15-39(34)53(42)56(2,3)47(43)31-52(46)60(51)55-57-32-38-21-20-35-14-6-8-16-40(35)54(38)58-55/h4-33,48H,1-3H3. The lowest BCUT2D eigenvalue weighted by Crippen LogP contribution is -2.15. The van der Waals surface area contributed by atoms with Crippen LogP contribution in [0.1, 0.15) is 37.9 Å². The van der Waals surface area contributed by atoms with E-state index in [1.807, 2.05) is 6.20 Å². The predicted octanol–water partition coefficient (Wildman–Crippen LogP) is 14.4. The van der Waals surface area contributed by atoms with Gasteiger partial charge in [0.1, 0.15) is 0 Å². The number of rotatable bonds is 3. The van der Waals surface area contributed by atoms with Gasteiger partial charge in [0, 0.05) is 55.0 Å². The zero-order valence-corrected chi connectivity index (χ0v) is 33.7. The molecule has 8 aromatic carbocycles. The number of hydrogen-bond acceptors (Lipinski definition) is 2. The third-order valence-electron chi connectivity index (χ3n) is 13.8. The van der Waals surface area contributed by atoms with E-state index < -0.39 is 0 Å². The Labute approximate surface area is 347 Å². The quantitative estimate of drug-likeness (QED) is 0.168. The van der Waals surface area contributed by atoms with Gasteiger partial charge in [-0.2, -0.15) is 0 Å². The van der Waals surface area contributed by atoms with Crippen molar-refractivity contribution < 1.29 is 0 Å². The lowest BCUT2D eigenvalue weighted by atomic mass is 9.80. The lowest BCUT2D eigenvalue weighted by molar-refractivity contribution is 0.510. The largest absolute Gasteiger partial charge is 0.333 e. The fraction of sp³-hybridized carbons (Fsp3) is 0.107. The molecule has 13 rings (SSSR count). The van der Waals surface area contributed by atoms with E-state index in [1.54, 1.807) is 0 Å². The molecule has 2 atom stereocenters. The predicted molar refractivity (Wildman–Crippen MR) is 251 cm³/mol. The van der Waals surface area contributed by atoms with Gasteiger partial charge < -0.3 is 4.57 Å². The molecule has 0 saturated carbocycles. The Morgan fingerprint density at radius 1 is 0.517 bits per heavy atom. The van der Waals surface area contributed by atoms with Crippen LogP contribution in [0.4, 0.5) is 0 Å². The highest BCUT2D eigenvalue weighted by molar-refractivity contribution is 6.14. The van der Waals surface area contributed by atoms with Crippen molar-refractivity contribution in [2.45, 2.75) is 32.2 Å². The first-order valence-electron chi connectivity index (χ1n) is 21.1. The minimum Gasteiger partial charge on any atom is -0.333 e. The maximum Gasteiger partial charge on any atom is 0.235 e. The number of para-hydroxylation sites is 1. The molecule has 0 N–H and O–H groups in total. The minimum absolute atomic E-state index is 0.206. The summed E-state index contributed by atoms with van der Waals surface area (Å²) in [7, 11) is 0. The average molecular weight is 769 g/mol. The van der Waals surface area contributed by atoms with Gasteiger partial charge in [-0.05, 0) is 97.9 Å². The van der Waals surface area contributed by atoms with Gasteiger partial charge in [0.25, 0.3) is 0 Å². The molecule has 60 heavy (non-hydrogen) atoms. The van der Waals surface area contributed by atoms with Gasteiger partial charge in [-0.1, -0.05) is 148 Å². The molecule has 0 bridgehead atoms. The Hall–Kier alpha value is -7.30. The Kier molecular flexibility index (Phi) is 6.80. The summed E-state index contributed by atoms with van der Waals surface area (Å²) in [6.07, 6.45) is 11.0. The van der Waals surface area contributed by atoms with E-state index in [-0.39, 0.29) is 11.5 Å². The first-order chi connectivity index (χ1) is 29.4. The van der Waals surface area contributed by atoms with Crippen LogP contribution in [0.15, 0.2) is 176 Å². The molecule has 0 saturated heterocycles. The van der Waals surface area contributed by atoms with Gasteiger partial charge >= 0.3 is 0 Å². The van der Waals surface area contributed by atoms with E-state index in [0.717, 1.165) is 27.3 Å². The van der Waals surface area contributed by atoms with Crippen LogP contribution in [-0.2, 0) is 5.41 Å². The SMILES string of the molecule is CC1C=CC=CC1n1c2ccccc2c2cc(-c3ccc4c(c3)c3cc5c(cc3n4-c3ncc4ccc6ccccc6c4n3)C(C)(C)c3c-5ccc4ccccc34)ccc21. The first kappa shape index (κ1) is 33.6. The second-order valence-electron chi connectivity index (χ2n) is 17.4. The molecule has 4 nitrogen and oxygen atoms in total. The second kappa shape index (κ2) is 12.1. The maximum atomic E-state index is 5.39. The molecule has 2 aliphatic carbocycles. The number of hydrogen-bond donors (Lipinski definition) is 0. The third-order valence-corrected chi connectivity index (χ3v) is 13.8. The van der Waals surface area contributed by atoms with Crippen molar-refractivity contribution in [3.63, 3.8) is 0 Å². The van der Waals surface area contributed by atoms with E-state index in [9.17, 15) is 0 Å². The maximum absolute atomic E-state index is 5.39. The summed E-state index contributed by atoms with van der Waals surface area (Å²) in [6, 6.07) is 54.3. The van der Waals surface area contributed by atoms with E-state index >= 15 is 0 Å². The van der Waals surface area contributed by atoms with Crippen molar-refractivity contribution in [1.82, 2.24) is 19.1 Å². The van der Waals surface area contributed by atoms with Gasteiger partial charge in [-0.3, -0.25) is 4.57 Å². The van der Waals surface area contributed by atoms with Crippen LogP contribution in [0.5, 0.6) is 0 Å². The Morgan fingerprint density at radius 2 is 1.15 bits per heavy atom. The van der Waals surface area contributed by atoms with E-state index in [1.165, 1.54) is 82.1 Å². The van der Waals surface area contributed by atoms with Crippen LogP contribution in [0.25, 0.3) is 104 Å². The molecule has 3 aromatic heterocycles. The number of nitrogens with zero attached hydrogens (tertiary/aromatic N) is 4. The molecule has 11 aromatic rings. The zero-order chi connectivity index (χ0) is 39.9. The lowest BCUT2D eigenvalue weighted by Gasteiger charge is -2.24. The number of allylic oxidation sites excluding steroid dienone is 4. The van der Waals surface area contributed by atoms with Crippen LogP contribution < -0.4 is 0 Å². The van der Waals surface area contributed by atoms with Crippen LogP contribution in [0.2, 0.25) is 0 Å². The normalized spacial score (nSPS) is 16.9. The highest BCUT2D eigenvalue weighted by atomic mass is 15.2. The molecule has 0 amide bonds.